The zero-order chi connectivity index (χ0) is 14.1. The molecule has 0 fully saturated rings. The molecule has 0 bridgehead atoms. The maximum Gasteiger partial charge on any atom is 0.212 e. The Kier molecular flexibility index (Phi) is 3.06. The van der Waals surface area contributed by atoms with Crippen molar-refractivity contribution in [3.05, 3.63) is 59.5 Å². The molecule has 0 N–H and O–H groups in total. The molecule has 0 atom stereocenters. The van der Waals surface area contributed by atoms with Crippen molar-refractivity contribution < 1.29 is 4.79 Å². The fourth-order valence-corrected chi connectivity index (χ4v) is 2.26. The standard InChI is InChI=1S/C16H15N3O/c1-3-13-9-15(19(2)18-13)16(20)12-8-11-6-4-5-7-14(11)17-10-12/h4-10H,3H2,1-2H3. The second-order valence-corrected chi connectivity index (χ2v) is 4.74. The first-order chi connectivity index (χ1) is 9.69. The maximum absolute atomic E-state index is 12.5. The van der Waals surface area contributed by atoms with Gasteiger partial charge in [0.2, 0.25) is 5.78 Å². The molecule has 0 spiro atoms. The molecule has 1 aromatic carbocycles. The lowest BCUT2D eigenvalue weighted by Gasteiger charge is -2.03. The van der Waals surface area contributed by atoms with E-state index in [1.807, 2.05) is 43.3 Å². The molecule has 3 aromatic rings. The summed E-state index contributed by atoms with van der Waals surface area (Å²) in [6.07, 6.45) is 2.44. The number of pyridine rings is 1. The van der Waals surface area contributed by atoms with Gasteiger partial charge in [0.25, 0.3) is 0 Å². The average Bonchev–Trinajstić information content (AvgIpc) is 2.87. The van der Waals surface area contributed by atoms with Crippen molar-refractivity contribution in [1.29, 1.82) is 0 Å². The predicted octanol–water partition coefficient (Wildman–Crippen LogP) is 2.76. The van der Waals surface area contributed by atoms with Crippen molar-refractivity contribution in [3.63, 3.8) is 0 Å². The van der Waals surface area contributed by atoms with Crippen molar-refractivity contribution in [3.8, 4) is 0 Å². The Morgan fingerprint density at radius 3 is 2.80 bits per heavy atom. The SMILES string of the molecule is CCc1cc(C(=O)c2cnc3ccccc3c2)n(C)n1. The van der Waals surface area contributed by atoms with Crippen LogP contribution in [0.25, 0.3) is 10.9 Å². The van der Waals surface area contributed by atoms with Crippen LogP contribution in [0, 0.1) is 0 Å². The summed E-state index contributed by atoms with van der Waals surface area (Å²) in [7, 11) is 1.79. The Bertz CT molecular complexity index is 789. The third kappa shape index (κ3) is 2.09. The van der Waals surface area contributed by atoms with Crippen molar-refractivity contribution >= 4 is 16.7 Å². The van der Waals surface area contributed by atoms with E-state index in [0.717, 1.165) is 23.0 Å². The number of hydrogen-bond acceptors (Lipinski definition) is 3. The van der Waals surface area contributed by atoms with Crippen LogP contribution in [0.4, 0.5) is 0 Å². The molecule has 4 nitrogen and oxygen atoms in total. The van der Waals surface area contributed by atoms with E-state index in [4.69, 9.17) is 0 Å². The molecular formula is C16H15N3O. The van der Waals surface area contributed by atoms with Gasteiger partial charge in [-0.15, -0.1) is 0 Å². The number of aryl methyl sites for hydroxylation is 2. The minimum Gasteiger partial charge on any atom is -0.287 e. The van der Waals surface area contributed by atoms with E-state index in [-0.39, 0.29) is 5.78 Å². The summed E-state index contributed by atoms with van der Waals surface area (Å²) in [5.41, 5.74) is 3.00. The zero-order valence-electron chi connectivity index (χ0n) is 11.5. The van der Waals surface area contributed by atoms with Crippen molar-refractivity contribution in [2.75, 3.05) is 0 Å². The van der Waals surface area contributed by atoms with E-state index in [1.54, 1.807) is 17.9 Å². The summed E-state index contributed by atoms with van der Waals surface area (Å²) in [6.45, 7) is 2.02. The van der Waals surface area contributed by atoms with Gasteiger partial charge in [0.05, 0.1) is 11.2 Å². The Hall–Kier alpha value is -2.49. The molecule has 20 heavy (non-hydrogen) atoms. The molecule has 0 aliphatic rings. The van der Waals surface area contributed by atoms with Crippen LogP contribution in [0.3, 0.4) is 0 Å². The highest BCUT2D eigenvalue weighted by Crippen LogP contribution is 2.16. The first-order valence-electron chi connectivity index (χ1n) is 6.61. The molecule has 0 aliphatic carbocycles. The highest BCUT2D eigenvalue weighted by molar-refractivity contribution is 6.09. The molecule has 0 saturated carbocycles. The summed E-state index contributed by atoms with van der Waals surface area (Å²) in [5.74, 6) is -0.0436. The lowest BCUT2D eigenvalue weighted by molar-refractivity contribution is 0.103. The van der Waals surface area contributed by atoms with Crippen molar-refractivity contribution in [2.45, 2.75) is 13.3 Å². The smallest absolute Gasteiger partial charge is 0.212 e. The van der Waals surface area contributed by atoms with Gasteiger partial charge < -0.3 is 0 Å². The quantitative estimate of drug-likeness (QED) is 0.684. The molecule has 0 amide bonds. The van der Waals surface area contributed by atoms with Gasteiger partial charge in [-0.1, -0.05) is 25.1 Å². The Balaban J connectivity index is 2.05. The van der Waals surface area contributed by atoms with Gasteiger partial charge in [-0.3, -0.25) is 14.5 Å². The van der Waals surface area contributed by atoms with Gasteiger partial charge in [-0.05, 0) is 24.6 Å². The summed E-state index contributed by atoms with van der Waals surface area (Å²) >= 11 is 0. The number of carbonyl (C=O) groups excluding carboxylic acids is 1. The molecule has 4 heteroatoms. The van der Waals surface area contributed by atoms with E-state index in [0.29, 0.717) is 11.3 Å². The van der Waals surface area contributed by atoms with E-state index in [1.165, 1.54) is 0 Å². The number of aromatic nitrogens is 3. The van der Waals surface area contributed by atoms with E-state index < -0.39 is 0 Å². The molecule has 0 radical (unpaired) electrons. The zero-order valence-corrected chi connectivity index (χ0v) is 11.5. The second kappa shape index (κ2) is 4.89. The molecule has 100 valence electrons. The number of rotatable bonds is 3. The number of carbonyl (C=O) groups is 1. The van der Waals surface area contributed by atoms with Crippen LogP contribution in [0.15, 0.2) is 42.6 Å². The topological polar surface area (TPSA) is 47.8 Å². The van der Waals surface area contributed by atoms with Crippen molar-refractivity contribution in [2.24, 2.45) is 7.05 Å². The number of fused-ring (bicyclic) bond motifs is 1. The average molecular weight is 265 g/mol. The molecule has 0 aliphatic heterocycles. The molecule has 2 heterocycles. The van der Waals surface area contributed by atoms with Crippen LogP contribution in [0.1, 0.15) is 28.7 Å². The third-order valence-corrected chi connectivity index (χ3v) is 3.38. The minimum atomic E-state index is -0.0436. The predicted molar refractivity (Wildman–Crippen MR) is 77.8 cm³/mol. The first-order valence-corrected chi connectivity index (χ1v) is 6.61. The van der Waals surface area contributed by atoms with Gasteiger partial charge in [0.15, 0.2) is 0 Å². The number of ketones is 1. The Morgan fingerprint density at radius 2 is 2.05 bits per heavy atom. The number of para-hydroxylation sites is 1. The van der Waals surface area contributed by atoms with Crippen LogP contribution in [-0.2, 0) is 13.5 Å². The van der Waals surface area contributed by atoms with Crippen LogP contribution in [0.2, 0.25) is 0 Å². The first kappa shape index (κ1) is 12.5. The highest BCUT2D eigenvalue weighted by atomic mass is 16.1. The molecular weight excluding hydrogens is 250 g/mol. The van der Waals surface area contributed by atoms with Crippen LogP contribution < -0.4 is 0 Å². The monoisotopic (exact) mass is 265 g/mol. The van der Waals surface area contributed by atoms with Gasteiger partial charge in [0, 0.05) is 24.2 Å². The Morgan fingerprint density at radius 1 is 1.25 bits per heavy atom. The van der Waals surface area contributed by atoms with Gasteiger partial charge in [-0.25, -0.2) is 0 Å². The normalized spacial score (nSPS) is 10.9. The third-order valence-electron chi connectivity index (χ3n) is 3.38. The van der Waals surface area contributed by atoms with Gasteiger partial charge in [-0.2, -0.15) is 5.10 Å². The number of nitrogens with zero attached hydrogens (tertiary/aromatic N) is 3. The molecule has 0 unspecified atom stereocenters. The maximum atomic E-state index is 12.5. The molecule has 2 aromatic heterocycles. The summed E-state index contributed by atoms with van der Waals surface area (Å²) in [4.78, 5) is 16.9. The minimum absolute atomic E-state index is 0.0436. The van der Waals surface area contributed by atoms with Crippen LogP contribution >= 0.6 is 0 Å². The van der Waals surface area contributed by atoms with E-state index >= 15 is 0 Å². The number of hydrogen-bond donors (Lipinski definition) is 0. The highest BCUT2D eigenvalue weighted by Gasteiger charge is 2.15. The van der Waals surface area contributed by atoms with E-state index in [2.05, 4.69) is 10.1 Å². The summed E-state index contributed by atoms with van der Waals surface area (Å²) < 4.78 is 1.64. The number of benzene rings is 1. The Labute approximate surface area is 117 Å². The van der Waals surface area contributed by atoms with Crippen LogP contribution in [0.5, 0.6) is 0 Å². The van der Waals surface area contributed by atoms with Crippen LogP contribution in [-0.4, -0.2) is 20.5 Å². The second-order valence-electron chi connectivity index (χ2n) is 4.74. The fourth-order valence-electron chi connectivity index (χ4n) is 2.26. The lowest BCUT2D eigenvalue weighted by atomic mass is 10.1. The van der Waals surface area contributed by atoms with E-state index in [9.17, 15) is 4.79 Å². The van der Waals surface area contributed by atoms with Gasteiger partial charge in [0.1, 0.15) is 5.69 Å². The summed E-state index contributed by atoms with van der Waals surface area (Å²) in [6, 6.07) is 11.5. The molecule has 3 rings (SSSR count). The fraction of sp³-hybridized carbons (Fsp3) is 0.188. The largest absolute Gasteiger partial charge is 0.287 e. The van der Waals surface area contributed by atoms with Gasteiger partial charge >= 0.3 is 0 Å². The lowest BCUT2D eigenvalue weighted by Crippen LogP contribution is -2.08. The van der Waals surface area contributed by atoms with Crippen molar-refractivity contribution in [1.82, 2.24) is 14.8 Å². The molecule has 0 saturated heterocycles. The summed E-state index contributed by atoms with van der Waals surface area (Å²) in [5, 5.41) is 5.28.